The molecule has 0 aliphatic rings. The zero-order valence-electron chi connectivity index (χ0n) is 11.0. The Morgan fingerprint density at radius 3 is 2.59 bits per heavy atom. The topological polar surface area (TPSA) is 21.3 Å². The van der Waals surface area contributed by atoms with Gasteiger partial charge in [0, 0.05) is 6.04 Å². The fourth-order valence-corrected chi connectivity index (χ4v) is 2.13. The molecule has 0 spiro atoms. The van der Waals surface area contributed by atoms with E-state index in [1.807, 2.05) is 18.8 Å². The molecule has 0 saturated carbocycles. The van der Waals surface area contributed by atoms with Crippen molar-refractivity contribution in [2.45, 2.75) is 26.3 Å². The lowest BCUT2D eigenvalue weighted by atomic mass is 10.1. The SMILES string of the molecule is CCSCCCOc1ccc(C(C)NC)cc1. The predicted octanol–water partition coefficient (Wildman–Crippen LogP) is 3.49. The van der Waals surface area contributed by atoms with E-state index in [9.17, 15) is 0 Å². The van der Waals surface area contributed by atoms with Gasteiger partial charge in [-0.05, 0) is 49.6 Å². The molecule has 1 aromatic carbocycles. The van der Waals surface area contributed by atoms with Crippen LogP contribution in [0, 0.1) is 0 Å². The highest BCUT2D eigenvalue weighted by molar-refractivity contribution is 7.99. The van der Waals surface area contributed by atoms with Crippen molar-refractivity contribution in [3.63, 3.8) is 0 Å². The van der Waals surface area contributed by atoms with Crippen LogP contribution in [0.25, 0.3) is 0 Å². The molecule has 0 aliphatic carbocycles. The first-order chi connectivity index (χ1) is 8.27. The Kier molecular flexibility index (Phi) is 7.13. The number of benzene rings is 1. The van der Waals surface area contributed by atoms with E-state index in [0.717, 1.165) is 18.8 Å². The summed E-state index contributed by atoms with van der Waals surface area (Å²) in [4.78, 5) is 0. The smallest absolute Gasteiger partial charge is 0.119 e. The van der Waals surface area contributed by atoms with E-state index in [1.165, 1.54) is 17.1 Å². The van der Waals surface area contributed by atoms with Gasteiger partial charge in [-0.25, -0.2) is 0 Å². The molecule has 0 aromatic heterocycles. The maximum atomic E-state index is 5.69. The van der Waals surface area contributed by atoms with Gasteiger partial charge in [0.15, 0.2) is 0 Å². The quantitative estimate of drug-likeness (QED) is 0.717. The Balaban J connectivity index is 2.30. The highest BCUT2D eigenvalue weighted by Crippen LogP contribution is 2.17. The molecule has 1 unspecified atom stereocenters. The van der Waals surface area contributed by atoms with E-state index < -0.39 is 0 Å². The van der Waals surface area contributed by atoms with Gasteiger partial charge in [-0.15, -0.1) is 0 Å². The maximum absolute atomic E-state index is 5.69. The summed E-state index contributed by atoms with van der Waals surface area (Å²) in [6.07, 6.45) is 1.12. The van der Waals surface area contributed by atoms with Gasteiger partial charge in [-0.2, -0.15) is 11.8 Å². The minimum atomic E-state index is 0.394. The van der Waals surface area contributed by atoms with Crippen molar-refractivity contribution in [2.24, 2.45) is 0 Å². The largest absolute Gasteiger partial charge is 0.494 e. The third-order valence-corrected chi connectivity index (χ3v) is 3.70. The second kappa shape index (κ2) is 8.43. The first-order valence-electron chi connectivity index (χ1n) is 6.25. The number of rotatable bonds is 8. The summed E-state index contributed by atoms with van der Waals surface area (Å²) in [6, 6.07) is 8.74. The third-order valence-electron chi connectivity index (χ3n) is 2.72. The molecule has 0 fully saturated rings. The molecule has 1 rings (SSSR count). The molecular weight excluding hydrogens is 230 g/mol. The van der Waals surface area contributed by atoms with E-state index >= 15 is 0 Å². The van der Waals surface area contributed by atoms with Crippen molar-refractivity contribution in [2.75, 3.05) is 25.2 Å². The van der Waals surface area contributed by atoms with Crippen molar-refractivity contribution in [3.8, 4) is 5.75 Å². The molecule has 3 heteroatoms. The van der Waals surface area contributed by atoms with Gasteiger partial charge in [-0.1, -0.05) is 19.1 Å². The van der Waals surface area contributed by atoms with Crippen molar-refractivity contribution >= 4 is 11.8 Å². The first-order valence-corrected chi connectivity index (χ1v) is 7.41. The average Bonchev–Trinajstić information content (AvgIpc) is 2.38. The molecule has 0 aliphatic heterocycles. The lowest BCUT2D eigenvalue weighted by Gasteiger charge is -2.11. The number of hydrogen-bond acceptors (Lipinski definition) is 3. The Bertz CT molecular complexity index is 300. The van der Waals surface area contributed by atoms with Crippen LogP contribution in [0.1, 0.15) is 31.9 Å². The zero-order valence-corrected chi connectivity index (χ0v) is 11.8. The van der Waals surface area contributed by atoms with Crippen LogP contribution in [-0.2, 0) is 0 Å². The lowest BCUT2D eigenvalue weighted by Crippen LogP contribution is -2.11. The van der Waals surface area contributed by atoms with E-state index in [4.69, 9.17) is 4.74 Å². The lowest BCUT2D eigenvalue weighted by molar-refractivity contribution is 0.318. The summed E-state index contributed by atoms with van der Waals surface area (Å²) in [6.45, 7) is 5.15. The predicted molar refractivity (Wildman–Crippen MR) is 77.0 cm³/mol. The van der Waals surface area contributed by atoms with Crippen molar-refractivity contribution in [3.05, 3.63) is 29.8 Å². The van der Waals surface area contributed by atoms with Crippen LogP contribution in [0.2, 0.25) is 0 Å². The molecular formula is C14H23NOS. The second-order valence-electron chi connectivity index (χ2n) is 3.98. The summed E-state index contributed by atoms with van der Waals surface area (Å²) in [7, 11) is 1.97. The van der Waals surface area contributed by atoms with Crippen LogP contribution >= 0.6 is 11.8 Å². The Morgan fingerprint density at radius 2 is 2.00 bits per heavy atom. The Morgan fingerprint density at radius 1 is 1.29 bits per heavy atom. The molecule has 0 heterocycles. The molecule has 1 aromatic rings. The van der Waals surface area contributed by atoms with E-state index in [-0.39, 0.29) is 0 Å². The molecule has 2 nitrogen and oxygen atoms in total. The molecule has 96 valence electrons. The third kappa shape index (κ3) is 5.46. The van der Waals surface area contributed by atoms with Crippen molar-refractivity contribution in [1.29, 1.82) is 0 Å². The van der Waals surface area contributed by atoms with Crippen molar-refractivity contribution < 1.29 is 4.74 Å². The summed E-state index contributed by atoms with van der Waals surface area (Å²) in [5, 5.41) is 3.22. The monoisotopic (exact) mass is 253 g/mol. The number of ether oxygens (including phenoxy) is 1. The van der Waals surface area contributed by atoms with Gasteiger partial charge in [0.1, 0.15) is 5.75 Å². The maximum Gasteiger partial charge on any atom is 0.119 e. The zero-order chi connectivity index (χ0) is 12.5. The molecule has 0 bridgehead atoms. The molecule has 17 heavy (non-hydrogen) atoms. The Hall–Kier alpha value is -0.670. The van der Waals surface area contributed by atoms with Crippen LogP contribution in [0.5, 0.6) is 5.75 Å². The number of hydrogen-bond donors (Lipinski definition) is 1. The van der Waals surface area contributed by atoms with E-state index in [1.54, 1.807) is 0 Å². The van der Waals surface area contributed by atoms with Crippen LogP contribution in [0.3, 0.4) is 0 Å². The van der Waals surface area contributed by atoms with Crippen molar-refractivity contribution in [1.82, 2.24) is 5.32 Å². The molecule has 1 atom stereocenters. The molecule has 0 radical (unpaired) electrons. The fourth-order valence-electron chi connectivity index (χ4n) is 1.51. The normalized spacial score (nSPS) is 12.4. The van der Waals surface area contributed by atoms with Gasteiger partial charge in [0.05, 0.1) is 6.61 Å². The Labute approximate surface area is 109 Å². The summed E-state index contributed by atoms with van der Waals surface area (Å²) >= 11 is 1.96. The van der Waals surface area contributed by atoms with Crippen LogP contribution in [0.15, 0.2) is 24.3 Å². The molecule has 1 N–H and O–H groups in total. The van der Waals surface area contributed by atoms with E-state index in [0.29, 0.717) is 6.04 Å². The minimum Gasteiger partial charge on any atom is -0.494 e. The highest BCUT2D eigenvalue weighted by Gasteiger charge is 2.01. The first kappa shape index (κ1) is 14.4. The summed E-state index contributed by atoms with van der Waals surface area (Å²) < 4.78 is 5.69. The molecule has 0 amide bonds. The summed E-state index contributed by atoms with van der Waals surface area (Å²) in [5.74, 6) is 3.35. The van der Waals surface area contributed by atoms with Gasteiger partial charge in [-0.3, -0.25) is 0 Å². The minimum absolute atomic E-state index is 0.394. The summed E-state index contributed by atoms with van der Waals surface area (Å²) in [5.41, 5.74) is 1.29. The number of nitrogens with one attached hydrogen (secondary N) is 1. The number of thioether (sulfide) groups is 1. The van der Waals surface area contributed by atoms with Gasteiger partial charge in [0.2, 0.25) is 0 Å². The van der Waals surface area contributed by atoms with E-state index in [2.05, 4.69) is 43.4 Å². The standard InChI is InChI=1S/C14H23NOS/c1-4-17-11-5-10-16-14-8-6-13(7-9-14)12(2)15-3/h6-9,12,15H,4-5,10-11H2,1-3H3. The highest BCUT2D eigenvalue weighted by atomic mass is 32.2. The van der Waals surface area contributed by atoms with Gasteiger partial charge < -0.3 is 10.1 Å². The van der Waals surface area contributed by atoms with Gasteiger partial charge >= 0.3 is 0 Å². The second-order valence-corrected chi connectivity index (χ2v) is 5.37. The van der Waals surface area contributed by atoms with Crippen LogP contribution < -0.4 is 10.1 Å². The average molecular weight is 253 g/mol. The van der Waals surface area contributed by atoms with Crippen LogP contribution in [-0.4, -0.2) is 25.2 Å². The fraction of sp³-hybridized carbons (Fsp3) is 0.571. The van der Waals surface area contributed by atoms with Crippen LogP contribution in [0.4, 0.5) is 0 Å². The molecule has 0 saturated heterocycles. The van der Waals surface area contributed by atoms with Gasteiger partial charge in [0.25, 0.3) is 0 Å².